The smallest absolute Gasteiger partial charge is 0.122 e. The molecule has 0 aliphatic heterocycles. The standard InChI is InChI=1S/C11H21NO2/c1-3-5-6-10(4-2)9-11(12-14)7-8-13/h8,10-11H,3-7,9H2,1-2H3. The summed E-state index contributed by atoms with van der Waals surface area (Å²) >= 11 is 0. The molecule has 2 unspecified atom stereocenters. The molecule has 82 valence electrons. The fourth-order valence-electron chi connectivity index (χ4n) is 1.66. The number of carbonyl (C=O) groups is 1. The van der Waals surface area contributed by atoms with Crippen LogP contribution in [0.25, 0.3) is 0 Å². The summed E-state index contributed by atoms with van der Waals surface area (Å²) < 4.78 is 0. The van der Waals surface area contributed by atoms with Gasteiger partial charge in [-0.15, -0.1) is 0 Å². The lowest BCUT2D eigenvalue weighted by atomic mass is 9.91. The molecule has 0 aromatic heterocycles. The number of nitroso groups, excluding NO2 is 1. The van der Waals surface area contributed by atoms with Crippen molar-refractivity contribution in [1.29, 1.82) is 0 Å². The molecule has 0 aliphatic carbocycles. The summed E-state index contributed by atoms with van der Waals surface area (Å²) in [6.45, 7) is 4.29. The van der Waals surface area contributed by atoms with Crippen LogP contribution in [0.4, 0.5) is 0 Å². The first kappa shape index (κ1) is 13.3. The van der Waals surface area contributed by atoms with Crippen molar-refractivity contribution in [3.05, 3.63) is 4.91 Å². The van der Waals surface area contributed by atoms with E-state index in [2.05, 4.69) is 19.0 Å². The Hall–Kier alpha value is -0.730. The van der Waals surface area contributed by atoms with Crippen LogP contribution in [-0.4, -0.2) is 12.3 Å². The van der Waals surface area contributed by atoms with E-state index in [-0.39, 0.29) is 12.5 Å². The maximum atomic E-state index is 10.4. The van der Waals surface area contributed by atoms with Gasteiger partial charge in [-0.25, -0.2) is 0 Å². The van der Waals surface area contributed by atoms with Crippen molar-refractivity contribution in [2.45, 2.75) is 58.4 Å². The summed E-state index contributed by atoms with van der Waals surface area (Å²) in [6, 6.07) is -0.297. The van der Waals surface area contributed by atoms with E-state index in [1.165, 1.54) is 12.8 Å². The molecular weight excluding hydrogens is 178 g/mol. The van der Waals surface area contributed by atoms with Crippen molar-refractivity contribution in [3.63, 3.8) is 0 Å². The zero-order chi connectivity index (χ0) is 10.8. The van der Waals surface area contributed by atoms with E-state index in [9.17, 15) is 9.70 Å². The molecule has 0 saturated heterocycles. The summed E-state index contributed by atoms with van der Waals surface area (Å²) in [4.78, 5) is 20.7. The highest BCUT2D eigenvalue weighted by Crippen LogP contribution is 2.20. The molecule has 14 heavy (non-hydrogen) atoms. The fourth-order valence-corrected chi connectivity index (χ4v) is 1.66. The van der Waals surface area contributed by atoms with Gasteiger partial charge in [0.25, 0.3) is 0 Å². The molecule has 0 bridgehead atoms. The Labute approximate surface area is 86.2 Å². The molecule has 0 amide bonds. The van der Waals surface area contributed by atoms with Gasteiger partial charge in [-0.1, -0.05) is 44.7 Å². The van der Waals surface area contributed by atoms with Crippen molar-refractivity contribution in [1.82, 2.24) is 0 Å². The highest BCUT2D eigenvalue weighted by molar-refractivity contribution is 5.50. The normalized spacial score (nSPS) is 14.7. The first-order valence-electron chi connectivity index (χ1n) is 5.54. The van der Waals surface area contributed by atoms with Crippen molar-refractivity contribution in [2.75, 3.05) is 0 Å². The van der Waals surface area contributed by atoms with Crippen molar-refractivity contribution >= 4 is 6.29 Å². The van der Waals surface area contributed by atoms with Crippen LogP contribution in [0.1, 0.15) is 52.4 Å². The molecule has 3 nitrogen and oxygen atoms in total. The van der Waals surface area contributed by atoms with Gasteiger partial charge >= 0.3 is 0 Å². The van der Waals surface area contributed by atoms with Gasteiger partial charge in [-0.2, -0.15) is 4.91 Å². The second-order valence-electron chi connectivity index (χ2n) is 3.81. The molecule has 0 radical (unpaired) electrons. The van der Waals surface area contributed by atoms with Gasteiger partial charge in [0.15, 0.2) is 0 Å². The SMILES string of the molecule is CCCCC(CC)CC(CC=O)N=O. The summed E-state index contributed by atoms with van der Waals surface area (Å²) in [5.41, 5.74) is 0. The van der Waals surface area contributed by atoms with E-state index in [1.807, 2.05) is 0 Å². The molecule has 0 N–H and O–H groups in total. The largest absolute Gasteiger partial charge is 0.303 e. The first-order chi connectivity index (χ1) is 6.78. The number of rotatable bonds is 9. The van der Waals surface area contributed by atoms with Crippen LogP contribution in [0.5, 0.6) is 0 Å². The molecule has 0 aliphatic rings. The molecule has 0 rings (SSSR count). The molecule has 0 saturated carbocycles. The van der Waals surface area contributed by atoms with Gasteiger partial charge in [0.2, 0.25) is 0 Å². The van der Waals surface area contributed by atoms with Crippen LogP contribution in [-0.2, 0) is 4.79 Å². The maximum absolute atomic E-state index is 10.4. The second kappa shape index (κ2) is 8.85. The number of carbonyl (C=O) groups excluding carboxylic acids is 1. The molecule has 0 fully saturated rings. The number of hydrogen-bond acceptors (Lipinski definition) is 3. The van der Waals surface area contributed by atoms with Gasteiger partial charge in [0, 0.05) is 6.42 Å². The number of hydrogen-bond donors (Lipinski definition) is 0. The van der Waals surface area contributed by atoms with Crippen molar-refractivity contribution in [2.24, 2.45) is 11.1 Å². The Balaban J connectivity index is 3.86. The minimum atomic E-state index is -0.297. The van der Waals surface area contributed by atoms with Gasteiger partial charge in [-0.3, -0.25) is 0 Å². The van der Waals surface area contributed by atoms with Crippen LogP contribution in [0.15, 0.2) is 5.18 Å². The molecule has 3 heteroatoms. The van der Waals surface area contributed by atoms with E-state index >= 15 is 0 Å². The van der Waals surface area contributed by atoms with Gasteiger partial charge in [0.1, 0.15) is 6.29 Å². The summed E-state index contributed by atoms with van der Waals surface area (Å²) in [6.07, 6.45) is 6.46. The molecular formula is C11H21NO2. The lowest BCUT2D eigenvalue weighted by molar-refractivity contribution is -0.108. The number of aldehydes is 1. The minimum absolute atomic E-state index is 0.284. The summed E-state index contributed by atoms with van der Waals surface area (Å²) in [7, 11) is 0. The van der Waals surface area contributed by atoms with E-state index in [1.54, 1.807) is 0 Å². The Kier molecular flexibility index (Phi) is 8.39. The van der Waals surface area contributed by atoms with Crippen LogP contribution in [0, 0.1) is 10.8 Å². The molecule has 0 aromatic carbocycles. The average Bonchev–Trinajstić information content (AvgIpc) is 2.22. The Morgan fingerprint density at radius 3 is 2.50 bits per heavy atom. The van der Waals surface area contributed by atoms with Crippen LogP contribution in [0.3, 0.4) is 0 Å². The predicted molar refractivity (Wildman–Crippen MR) is 58.2 cm³/mol. The van der Waals surface area contributed by atoms with Crippen molar-refractivity contribution < 1.29 is 4.79 Å². The van der Waals surface area contributed by atoms with E-state index in [0.29, 0.717) is 5.92 Å². The highest BCUT2D eigenvalue weighted by Gasteiger charge is 2.14. The first-order valence-corrected chi connectivity index (χ1v) is 5.54. The maximum Gasteiger partial charge on any atom is 0.122 e. The van der Waals surface area contributed by atoms with Crippen molar-refractivity contribution in [3.8, 4) is 0 Å². The summed E-state index contributed by atoms with van der Waals surface area (Å²) in [5.74, 6) is 0.553. The highest BCUT2D eigenvalue weighted by atomic mass is 16.3. The lowest BCUT2D eigenvalue weighted by Gasteiger charge is -2.16. The predicted octanol–water partition coefficient (Wildman–Crippen LogP) is 3.32. The quantitative estimate of drug-likeness (QED) is 0.422. The Morgan fingerprint density at radius 1 is 1.36 bits per heavy atom. The zero-order valence-electron chi connectivity index (χ0n) is 9.24. The minimum Gasteiger partial charge on any atom is -0.303 e. The van der Waals surface area contributed by atoms with Crippen LogP contribution in [0.2, 0.25) is 0 Å². The number of unbranched alkanes of at least 4 members (excludes halogenated alkanes) is 1. The van der Waals surface area contributed by atoms with E-state index in [4.69, 9.17) is 0 Å². The monoisotopic (exact) mass is 199 g/mol. The van der Waals surface area contributed by atoms with Crippen LogP contribution < -0.4 is 0 Å². The van der Waals surface area contributed by atoms with E-state index < -0.39 is 0 Å². The van der Waals surface area contributed by atoms with Crippen LogP contribution >= 0.6 is 0 Å². The van der Waals surface area contributed by atoms with Gasteiger partial charge in [-0.05, 0) is 12.3 Å². The Morgan fingerprint density at radius 2 is 2.07 bits per heavy atom. The lowest BCUT2D eigenvalue weighted by Crippen LogP contribution is -2.12. The van der Waals surface area contributed by atoms with Gasteiger partial charge < -0.3 is 4.79 Å². The summed E-state index contributed by atoms with van der Waals surface area (Å²) in [5, 5.41) is 2.99. The van der Waals surface area contributed by atoms with E-state index in [0.717, 1.165) is 25.5 Å². The average molecular weight is 199 g/mol. The molecule has 0 heterocycles. The van der Waals surface area contributed by atoms with Gasteiger partial charge in [0.05, 0.1) is 6.04 Å². The zero-order valence-corrected chi connectivity index (χ0v) is 9.24. The third-order valence-corrected chi connectivity index (χ3v) is 2.67. The third kappa shape index (κ3) is 5.84. The fraction of sp³-hybridized carbons (Fsp3) is 0.909. The number of nitrogens with zero attached hydrogens (tertiary/aromatic N) is 1. The molecule has 0 aromatic rings. The third-order valence-electron chi connectivity index (χ3n) is 2.67. The molecule has 2 atom stereocenters. The molecule has 0 spiro atoms. The Bertz CT molecular complexity index is 159. The second-order valence-corrected chi connectivity index (χ2v) is 3.81. The topological polar surface area (TPSA) is 46.5 Å².